The molecular formula is C26H21BrClN3O3. The predicted molar refractivity (Wildman–Crippen MR) is 136 cm³/mol. The van der Waals surface area contributed by atoms with Crippen molar-refractivity contribution in [2.75, 3.05) is 5.32 Å². The van der Waals surface area contributed by atoms with Crippen molar-refractivity contribution in [2.45, 2.75) is 31.6 Å². The van der Waals surface area contributed by atoms with Gasteiger partial charge in [-0.25, -0.2) is 4.98 Å². The Labute approximate surface area is 209 Å². The Kier molecular flexibility index (Phi) is 6.50. The van der Waals surface area contributed by atoms with Gasteiger partial charge >= 0.3 is 0 Å². The summed E-state index contributed by atoms with van der Waals surface area (Å²) in [6.07, 6.45) is 1.36. The van der Waals surface area contributed by atoms with E-state index in [1.165, 1.54) is 4.57 Å². The van der Waals surface area contributed by atoms with Gasteiger partial charge in [-0.15, -0.1) is 0 Å². The van der Waals surface area contributed by atoms with Crippen LogP contribution in [0.1, 0.15) is 34.9 Å². The molecule has 34 heavy (non-hydrogen) atoms. The van der Waals surface area contributed by atoms with Crippen molar-refractivity contribution in [1.29, 1.82) is 0 Å². The lowest BCUT2D eigenvalue weighted by Gasteiger charge is -2.19. The van der Waals surface area contributed by atoms with Crippen molar-refractivity contribution >= 4 is 50.3 Å². The highest BCUT2D eigenvalue weighted by Crippen LogP contribution is 2.34. The number of hydrogen-bond acceptors (Lipinski definition) is 4. The molecule has 1 aromatic heterocycles. The monoisotopic (exact) mass is 537 g/mol. The molecule has 0 radical (unpaired) electrons. The smallest absolute Gasteiger partial charge is 0.262 e. The van der Waals surface area contributed by atoms with Crippen LogP contribution in [-0.4, -0.2) is 21.6 Å². The Morgan fingerprint density at radius 1 is 1.09 bits per heavy atom. The van der Waals surface area contributed by atoms with Crippen molar-refractivity contribution in [2.24, 2.45) is 0 Å². The fourth-order valence-electron chi connectivity index (χ4n) is 4.19. The van der Waals surface area contributed by atoms with Gasteiger partial charge in [-0.05, 0) is 60.9 Å². The first-order valence-corrected chi connectivity index (χ1v) is 12.1. The van der Waals surface area contributed by atoms with Gasteiger partial charge in [0.25, 0.3) is 11.5 Å². The van der Waals surface area contributed by atoms with Gasteiger partial charge in [-0.2, -0.15) is 0 Å². The summed E-state index contributed by atoms with van der Waals surface area (Å²) in [5.41, 5.74) is 1.82. The summed E-state index contributed by atoms with van der Waals surface area (Å²) in [4.78, 5) is 30.9. The van der Waals surface area contributed by atoms with E-state index >= 15 is 0 Å². The first kappa shape index (κ1) is 22.8. The number of nitrogens with zero attached hydrogens (tertiary/aromatic N) is 2. The molecule has 2 atom stereocenters. The van der Waals surface area contributed by atoms with Crippen LogP contribution >= 0.6 is 27.5 Å². The Morgan fingerprint density at radius 3 is 2.62 bits per heavy atom. The van der Waals surface area contributed by atoms with Crippen molar-refractivity contribution in [3.8, 4) is 0 Å². The number of aromatic nitrogens is 2. The maximum Gasteiger partial charge on any atom is 0.262 e. The van der Waals surface area contributed by atoms with Gasteiger partial charge in [0, 0.05) is 15.1 Å². The standard InChI is InChI=1S/C26H21BrClN3O3/c27-18-8-12-21-22(14-18)29-26(30-24(32)17-4-2-1-3-5-17)31(25(21)33)15-20-11-13-23(34-20)16-6-9-19(28)10-7-16/h1-10,12,14,20,23H,11,13,15H2,(H,29,30,32). The maximum absolute atomic E-state index is 13.4. The topological polar surface area (TPSA) is 73.2 Å². The van der Waals surface area contributed by atoms with E-state index in [0.717, 1.165) is 22.9 Å². The highest BCUT2D eigenvalue weighted by atomic mass is 79.9. The Bertz CT molecular complexity index is 1410. The number of amides is 1. The van der Waals surface area contributed by atoms with Gasteiger partial charge in [-0.3, -0.25) is 19.5 Å². The number of hydrogen-bond donors (Lipinski definition) is 1. The summed E-state index contributed by atoms with van der Waals surface area (Å²) in [6, 6.07) is 21.8. The molecular weight excluding hydrogens is 518 g/mol. The van der Waals surface area contributed by atoms with E-state index in [4.69, 9.17) is 16.3 Å². The molecule has 0 saturated carbocycles. The number of nitrogens with one attached hydrogen (secondary N) is 1. The summed E-state index contributed by atoms with van der Waals surface area (Å²) in [5.74, 6) is -0.134. The fraction of sp³-hybridized carbons (Fsp3) is 0.192. The number of carbonyl (C=O) groups excluding carboxylic acids is 1. The molecule has 1 fully saturated rings. The zero-order chi connectivity index (χ0) is 23.7. The van der Waals surface area contributed by atoms with Gasteiger partial charge in [0.1, 0.15) is 0 Å². The number of ether oxygens (including phenoxy) is 1. The lowest BCUT2D eigenvalue weighted by atomic mass is 10.1. The molecule has 8 heteroatoms. The Hall–Kier alpha value is -3.00. The van der Waals surface area contributed by atoms with E-state index in [0.29, 0.717) is 21.5 Å². The molecule has 5 rings (SSSR count). The molecule has 2 heterocycles. The summed E-state index contributed by atoms with van der Waals surface area (Å²) in [5, 5.41) is 3.99. The van der Waals surface area contributed by atoms with Crippen molar-refractivity contribution in [3.63, 3.8) is 0 Å². The summed E-state index contributed by atoms with van der Waals surface area (Å²) in [6.45, 7) is 0.284. The van der Waals surface area contributed by atoms with Gasteiger partial charge < -0.3 is 4.74 Å². The number of halogens is 2. The van der Waals surface area contributed by atoms with Crippen LogP contribution in [0.5, 0.6) is 0 Å². The second-order valence-electron chi connectivity index (χ2n) is 8.21. The van der Waals surface area contributed by atoms with E-state index in [1.54, 1.807) is 42.5 Å². The molecule has 0 aliphatic carbocycles. The van der Waals surface area contributed by atoms with Gasteiger partial charge in [0.05, 0.1) is 29.7 Å². The van der Waals surface area contributed by atoms with Crippen LogP contribution in [0.3, 0.4) is 0 Å². The third-order valence-electron chi connectivity index (χ3n) is 5.91. The molecule has 1 N–H and O–H groups in total. The lowest BCUT2D eigenvalue weighted by molar-refractivity contribution is 0.0347. The molecule has 2 unspecified atom stereocenters. The van der Waals surface area contributed by atoms with E-state index in [9.17, 15) is 9.59 Å². The van der Waals surface area contributed by atoms with Crippen LogP contribution in [0, 0.1) is 0 Å². The van der Waals surface area contributed by atoms with Crippen molar-refractivity contribution in [1.82, 2.24) is 9.55 Å². The molecule has 1 amide bonds. The minimum atomic E-state index is -0.332. The molecule has 1 saturated heterocycles. The number of anilines is 1. The fourth-order valence-corrected chi connectivity index (χ4v) is 4.66. The van der Waals surface area contributed by atoms with Crippen LogP contribution in [0.25, 0.3) is 10.9 Å². The SMILES string of the molecule is O=C(Nc1nc2cc(Br)ccc2c(=O)n1CC1CCC(c2ccc(Cl)cc2)O1)c1ccccc1. The third-order valence-corrected chi connectivity index (χ3v) is 6.66. The van der Waals surface area contributed by atoms with Crippen LogP contribution in [0.2, 0.25) is 5.02 Å². The Balaban J connectivity index is 1.46. The first-order valence-electron chi connectivity index (χ1n) is 11.0. The second-order valence-corrected chi connectivity index (χ2v) is 9.56. The molecule has 3 aromatic carbocycles. The van der Waals surface area contributed by atoms with Crippen molar-refractivity contribution < 1.29 is 9.53 Å². The van der Waals surface area contributed by atoms with Crippen LogP contribution in [0.15, 0.2) is 82.1 Å². The quantitative estimate of drug-likeness (QED) is 0.339. The average Bonchev–Trinajstić information content (AvgIpc) is 3.31. The molecule has 0 spiro atoms. The zero-order valence-corrected chi connectivity index (χ0v) is 20.4. The van der Waals surface area contributed by atoms with Crippen LogP contribution in [0.4, 0.5) is 5.95 Å². The second kappa shape index (κ2) is 9.70. The van der Waals surface area contributed by atoms with E-state index in [1.807, 2.05) is 30.3 Å². The highest BCUT2D eigenvalue weighted by molar-refractivity contribution is 9.10. The summed E-state index contributed by atoms with van der Waals surface area (Å²) in [7, 11) is 0. The molecule has 172 valence electrons. The number of fused-ring (bicyclic) bond motifs is 1. The third kappa shape index (κ3) is 4.78. The molecule has 1 aliphatic rings. The zero-order valence-electron chi connectivity index (χ0n) is 18.1. The van der Waals surface area contributed by atoms with Crippen LogP contribution in [-0.2, 0) is 11.3 Å². The summed E-state index contributed by atoms with van der Waals surface area (Å²) >= 11 is 9.44. The van der Waals surface area contributed by atoms with Gasteiger partial charge in [0.15, 0.2) is 0 Å². The first-order chi connectivity index (χ1) is 16.5. The lowest BCUT2D eigenvalue weighted by Crippen LogP contribution is -2.31. The molecule has 0 bridgehead atoms. The number of carbonyl (C=O) groups is 1. The van der Waals surface area contributed by atoms with Crippen molar-refractivity contribution in [3.05, 3.63) is 104 Å². The normalized spacial score (nSPS) is 17.7. The van der Waals surface area contributed by atoms with Crippen LogP contribution < -0.4 is 10.9 Å². The number of benzene rings is 3. The van der Waals surface area contributed by atoms with Gasteiger partial charge in [-0.1, -0.05) is 57.9 Å². The largest absolute Gasteiger partial charge is 0.368 e. The number of rotatable bonds is 5. The summed E-state index contributed by atoms with van der Waals surface area (Å²) < 4.78 is 8.58. The molecule has 4 aromatic rings. The van der Waals surface area contributed by atoms with E-state index < -0.39 is 0 Å². The maximum atomic E-state index is 13.4. The highest BCUT2D eigenvalue weighted by Gasteiger charge is 2.28. The van der Waals surface area contributed by atoms with E-state index in [-0.39, 0.29) is 36.2 Å². The Morgan fingerprint density at radius 2 is 1.85 bits per heavy atom. The average molecular weight is 539 g/mol. The van der Waals surface area contributed by atoms with E-state index in [2.05, 4.69) is 26.2 Å². The predicted octanol–water partition coefficient (Wildman–Crippen LogP) is 5.99. The minimum absolute atomic E-state index is 0.0651. The minimum Gasteiger partial charge on any atom is -0.368 e. The molecule has 1 aliphatic heterocycles. The molecule has 6 nitrogen and oxygen atoms in total. The van der Waals surface area contributed by atoms with Gasteiger partial charge in [0.2, 0.25) is 5.95 Å².